The molecule has 0 aromatic rings. The van der Waals surface area contributed by atoms with Crippen LogP contribution in [0.1, 0.15) is 427 Å². The highest BCUT2D eigenvalue weighted by Gasteiger charge is 2.30. The van der Waals surface area contributed by atoms with Crippen molar-refractivity contribution in [2.24, 2.45) is 11.8 Å². The van der Waals surface area contributed by atoms with Crippen LogP contribution in [0, 0.1) is 11.8 Å². The molecule has 3 unspecified atom stereocenters. The number of phosphoric acid groups is 2. The highest BCUT2D eigenvalue weighted by atomic mass is 31.2. The van der Waals surface area contributed by atoms with E-state index in [1.807, 2.05) is 0 Å². The summed E-state index contributed by atoms with van der Waals surface area (Å²) in [4.78, 5) is 73.0. The highest BCUT2D eigenvalue weighted by molar-refractivity contribution is 7.47. The Morgan fingerprint density at radius 1 is 0.290 bits per heavy atom. The molecular formula is C81H158O17P2. The maximum Gasteiger partial charge on any atom is 0.472 e. The quantitative estimate of drug-likeness (QED) is 0.0222. The van der Waals surface area contributed by atoms with Crippen molar-refractivity contribution in [3.05, 3.63) is 0 Å². The lowest BCUT2D eigenvalue weighted by Gasteiger charge is -2.21. The molecule has 594 valence electrons. The van der Waals surface area contributed by atoms with Crippen LogP contribution in [0.3, 0.4) is 0 Å². The maximum atomic E-state index is 13.1. The minimum absolute atomic E-state index is 0.107. The molecule has 0 aromatic heterocycles. The Balaban J connectivity index is 5.24. The van der Waals surface area contributed by atoms with E-state index in [-0.39, 0.29) is 25.7 Å². The molecular weight excluding hydrogens is 1310 g/mol. The van der Waals surface area contributed by atoms with Gasteiger partial charge in [0.2, 0.25) is 0 Å². The van der Waals surface area contributed by atoms with E-state index in [1.54, 1.807) is 0 Å². The van der Waals surface area contributed by atoms with E-state index in [1.165, 1.54) is 244 Å². The van der Waals surface area contributed by atoms with Gasteiger partial charge in [-0.3, -0.25) is 37.3 Å². The van der Waals surface area contributed by atoms with Crippen LogP contribution in [0.2, 0.25) is 0 Å². The molecule has 0 rings (SSSR count). The average molecular weight is 1470 g/mol. The number of esters is 4. The number of carbonyl (C=O) groups is 4. The molecule has 0 radical (unpaired) electrons. The van der Waals surface area contributed by atoms with Crippen LogP contribution in [0.4, 0.5) is 0 Å². The van der Waals surface area contributed by atoms with Gasteiger partial charge in [0.1, 0.15) is 19.3 Å². The molecule has 0 saturated carbocycles. The fourth-order valence-corrected chi connectivity index (χ4v) is 14.1. The number of rotatable bonds is 80. The van der Waals surface area contributed by atoms with E-state index in [2.05, 4.69) is 41.5 Å². The maximum absolute atomic E-state index is 13.1. The third kappa shape index (κ3) is 73.0. The van der Waals surface area contributed by atoms with Crippen LogP contribution < -0.4 is 0 Å². The van der Waals surface area contributed by atoms with E-state index >= 15 is 0 Å². The summed E-state index contributed by atoms with van der Waals surface area (Å²) in [7, 11) is -9.92. The van der Waals surface area contributed by atoms with Crippen molar-refractivity contribution >= 4 is 39.5 Å². The SMILES string of the molecule is CCCCCCCCCCCCCCCCCCCCC(=O)OC[C@H](COP(=O)(O)OC[C@@H](O)COP(=O)(O)OC[C@@H](COC(=O)CCCCCCCCCCCC)OC(=O)CCCCCCCCCCCCC(C)CC)OC(=O)CCCCCCCCCCCCCCCCCC(C)C. The van der Waals surface area contributed by atoms with Gasteiger partial charge in [0.05, 0.1) is 26.4 Å². The first kappa shape index (κ1) is 98.1. The zero-order valence-electron chi connectivity index (χ0n) is 65.5. The van der Waals surface area contributed by atoms with Crippen molar-refractivity contribution in [2.75, 3.05) is 39.6 Å². The third-order valence-electron chi connectivity index (χ3n) is 19.3. The van der Waals surface area contributed by atoms with E-state index in [4.69, 9.17) is 37.0 Å². The van der Waals surface area contributed by atoms with Crippen molar-refractivity contribution in [1.29, 1.82) is 0 Å². The Bertz CT molecular complexity index is 1930. The molecule has 0 fully saturated rings. The van der Waals surface area contributed by atoms with Gasteiger partial charge < -0.3 is 33.8 Å². The van der Waals surface area contributed by atoms with Crippen LogP contribution in [0.5, 0.6) is 0 Å². The zero-order chi connectivity index (χ0) is 73.5. The lowest BCUT2D eigenvalue weighted by molar-refractivity contribution is -0.161. The molecule has 0 heterocycles. The minimum Gasteiger partial charge on any atom is -0.462 e. The molecule has 19 heteroatoms. The number of hydrogen-bond donors (Lipinski definition) is 3. The van der Waals surface area contributed by atoms with Gasteiger partial charge in [-0.15, -0.1) is 0 Å². The van der Waals surface area contributed by atoms with Gasteiger partial charge in [-0.25, -0.2) is 9.13 Å². The second-order valence-electron chi connectivity index (χ2n) is 29.9. The van der Waals surface area contributed by atoms with Gasteiger partial charge in [-0.05, 0) is 37.5 Å². The zero-order valence-corrected chi connectivity index (χ0v) is 67.3. The van der Waals surface area contributed by atoms with Gasteiger partial charge in [0.15, 0.2) is 12.2 Å². The summed E-state index contributed by atoms with van der Waals surface area (Å²) in [6, 6.07) is 0. The predicted molar refractivity (Wildman–Crippen MR) is 409 cm³/mol. The summed E-state index contributed by atoms with van der Waals surface area (Å²) in [5.41, 5.74) is 0. The molecule has 0 aliphatic carbocycles. The molecule has 0 aromatic carbocycles. The van der Waals surface area contributed by atoms with E-state index < -0.39 is 97.5 Å². The third-order valence-corrected chi connectivity index (χ3v) is 21.2. The number of unbranched alkanes of at least 4 members (excludes halogenated alkanes) is 49. The number of aliphatic hydroxyl groups excluding tert-OH is 1. The van der Waals surface area contributed by atoms with Gasteiger partial charge in [-0.1, -0.05) is 375 Å². The number of ether oxygens (including phenoxy) is 4. The average Bonchev–Trinajstić information content (AvgIpc) is 0.930. The molecule has 0 saturated heterocycles. The molecule has 6 atom stereocenters. The molecule has 0 spiro atoms. The topological polar surface area (TPSA) is 237 Å². The second kappa shape index (κ2) is 72.6. The number of carbonyl (C=O) groups excluding carboxylic acids is 4. The number of hydrogen-bond acceptors (Lipinski definition) is 15. The van der Waals surface area contributed by atoms with Crippen molar-refractivity contribution in [3.63, 3.8) is 0 Å². The van der Waals surface area contributed by atoms with Crippen LogP contribution >= 0.6 is 15.6 Å². The minimum atomic E-state index is -4.96. The van der Waals surface area contributed by atoms with Crippen LogP contribution in [-0.2, 0) is 65.4 Å². The second-order valence-corrected chi connectivity index (χ2v) is 32.8. The molecule has 0 aliphatic heterocycles. The lowest BCUT2D eigenvalue weighted by Crippen LogP contribution is -2.30. The summed E-state index contributed by atoms with van der Waals surface area (Å²) in [6.45, 7) is 9.68. The summed E-state index contributed by atoms with van der Waals surface area (Å²) in [5, 5.41) is 10.6. The lowest BCUT2D eigenvalue weighted by atomic mass is 9.99. The first-order chi connectivity index (χ1) is 48.4. The fourth-order valence-electron chi connectivity index (χ4n) is 12.5. The van der Waals surface area contributed by atoms with Gasteiger partial charge >= 0.3 is 39.5 Å². The van der Waals surface area contributed by atoms with Crippen molar-refractivity contribution in [3.8, 4) is 0 Å². The van der Waals surface area contributed by atoms with Gasteiger partial charge in [0.25, 0.3) is 0 Å². The van der Waals surface area contributed by atoms with Crippen LogP contribution in [-0.4, -0.2) is 96.7 Å². The Morgan fingerprint density at radius 2 is 0.510 bits per heavy atom. The molecule has 0 bridgehead atoms. The standard InChI is InChI=1S/C81H158O17P2/c1-7-10-12-14-16-18-20-21-22-23-24-27-30-33-40-46-52-58-64-79(84)92-70-77(97-80(85)65-59-53-47-41-34-31-28-25-26-29-32-37-43-49-55-61-73(4)5)72-96-100(89,90)94-68-75(82)67-93-99(87,88)95-71-76(69-91-78(83)63-57-51-45-39-19-17-15-13-11-8-2)98-81(86)66-60-54-48-42-36-35-38-44-50-56-62-74(6)9-3/h73-77,82H,7-72H2,1-6H3,(H,87,88)(H,89,90)/t74?,75-,76+,77+/m0/s1. The molecule has 3 N–H and O–H groups in total. The molecule has 0 aliphatic rings. The van der Waals surface area contributed by atoms with Crippen molar-refractivity contribution < 1.29 is 80.2 Å². The fraction of sp³-hybridized carbons (Fsp3) is 0.951. The largest absolute Gasteiger partial charge is 0.472 e. The normalized spacial score (nSPS) is 14.2. The van der Waals surface area contributed by atoms with Gasteiger partial charge in [0, 0.05) is 25.7 Å². The van der Waals surface area contributed by atoms with Crippen LogP contribution in [0.15, 0.2) is 0 Å². The summed E-state index contributed by atoms with van der Waals surface area (Å²) in [5.74, 6) is -0.502. The smallest absolute Gasteiger partial charge is 0.462 e. The Labute approximate surface area is 613 Å². The van der Waals surface area contributed by atoms with E-state index in [0.29, 0.717) is 25.7 Å². The molecule has 0 amide bonds. The Kier molecular flexibility index (Phi) is 71.2. The van der Waals surface area contributed by atoms with Crippen LogP contribution in [0.25, 0.3) is 0 Å². The van der Waals surface area contributed by atoms with Crippen molar-refractivity contribution in [1.82, 2.24) is 0 Å². The molecule has 100 heavy (non-hydrogen) atoms. The Morgan fingerprint density at radius 3 is 0.760 bits per heavy atom. The first-order valence-electron chi connectivity index (χ1n) is 42.0. The number of aliphatic hydroxyl groups is 1. The summed E-state index contributed by atoms with van der Waals surface area (Å²) >= 11 is 0. The van der Waals surface area contributed by atoms with E-state index in [0.717, 1.165) is 102 Å². The molecule has 17 nitrogen and oxygen atoms in total. The van der Waals surface area contributed by atoms with E-state index in [9.17, 15) is 43.2 Å². The summed E-state index contributed by atoms with van der Waals surface area (Å²) < 4.78 is 68.7. The van der Waals surface area contributed by atoms with Gasteiger partial charge in [-0.2, -0.15) is 0 Å². The Hall–Kier alpha value is -1.94. The van der Waals surface area contributed by atoms with Crippen molar-refractivity contribution in [2.45, 2.75) is 445 Å². The predicted octanol–water partition coefficient (Wildman–Crippen LogP) is 24.3. The highest BCUT2D eigenvalue weighted by Crippen LogP contribution is 2.45. The first-order valence-corrected chi connectivity index (χ1v) is 45.0. The number of phosphoric ester groups is 2. The summed E-state index contributed by atoms with van der Waals surface area (Å²) in [6.07, 6.45) is 62.3. The monoisotopic (exact) mass is 1470 g/mol.